The summed E-state index contributed by atoms with van der Waals surface area (Å²) in [5.74, 6) is -0.579. The molecule has 0 saturated heterocycles. The molecule has 0 aliphatic heterocycles. The fourth-order valence-corrected chi connectivity index (χ4v) is 3.29. The van der Waals surface area contributed by atoms with Gasteiger partial charge < -0.3 is 4.57 Å². The van der Waals surface area contributed by atoms with Crippen molar-refractivity contribution in [2.24, 2.45) is 0 Å². The molecule has 3 aromatic rings. The number of rotatable bonds is 3. The lowest BCUT2D eigenvalue weighted by atomic mass is 10.3. The number of hydrogen-bond acceptors (Lipinski definition) is 2. The van der Waals surface area contributed by atoms with Crippen LogP contribution < -0.4 is 0 Å². The Morgan fingerprint density at radius 3 is 2.75 bits per heavy atom. The van der Waals surface area contributed by atoms with Crippen LogP contribution in [0.25, 0.3) is 11.0 Å². The fraction of sp³-hybridized carbons (Fsp3) is 0.214. The molecule has 2 heterocycles. The summed E-state index contributed by atoms with van der Waals surface area (Å²) in [6.07, 6.45) is 0. The van der Waals surface area contributed by atoms with Crippen molar-refractivity contribution < 1.29 is 8.78 Å². The number of fused-ring (bicyclic) bond motifs is 1. The topological polar surface area (TPSA) is 17.8 Å². The highest BCUT2D eigenvalue weighted by Gasteiger charge is 2.15. The Morgan fingerprint density at radius 2 is 2.10 bits per heavy atom. The van der Waals surface area contributed by atoms with Gasteiger partial charge in [0, 0.05) is 15.8 Å². The van der Waals surface area contributed by atoms with Gasteiger partial charge in [-0.2, -0.15) is 0 Å². The van der Waals surface area contributed by atoms with E-state index >= 15 is 0 Å². The number of alkyl halides is 1. The van der Waals surface area contributed by atoms with E-state index in [-0.39, 0.29) is 11.4 Å². The Morgan fingerprint density at radius 1 is 1.30 bits per heavy atom. The lowest BCUT2D eigenvalue weighted by molar-refractivity contribution is 0.590. The van der Waals surface area contributed by atoms with Gasteiger partial charge in [-0.15, -0.1) is 22.9 Å². The molecule has 0 aliphatic carbocycles. The number of aromatic nitrogens is 2. The Bertz CT molecular complexity index is 779. The van der Waals surface area contributed by atoms with E-state index in [1.807, 2.05) is 19.1 Å². The Hall–Kier alpha value is -1.46. The molecule has 0 bridgehead atoms. The van der Waals surface area contributed by atoms with Crippen LogP contribution in [0, 0.1) is 18.6 Å². The molecule has 0 fully saturated rings. The molecule has 6 heteroatoms. The van der Waals surface area contributed by atoms with E-state index in [4.69, 9.17) is 11.6 Å². The molecule has 0 amide bonds. The number of benzene rings is 1. The first kappa shape index (κ1) is 13.5. The van der Waals surface area contributed by atoms with Crippen molar-refractivity contribution in [2.75, 3.05) is 0 Å². The third-order valence-corrected chi connectivity index (χ3v) is 4.31. The van der Waals surface area contributed by atoms with Crippen LogP contribution in [0.2, 0.25) is 0 Å². The summed E-state index contributed by atoms with van der Waals surface area (Å²) < 4.78 is 28.9. The smallest absolute Gasteiger partial charge is 0.153 e. The second-order valence-corrected chi connectivity index (χ2v) is 6.16. The van der Waals surface area contributed by atoms with Crippen LogP contribution in [0.15, 0.2) is 24.3 Å². The molecule has 2 nitrogen and oxygen atoms in total. The van der Waals surface area contributed by atoms with Crippen LogP contribution in [-0.4, -0.2) is 9.55 Å². The predicted molar refractivity (Wildman–Crippen MR) is 77.4 cm³/mol. The first-order valence-electron chi connectivity index (χ1n) is 6.04. The molecule has 0 radical (unpaired) electrons. The van der Waals surface area contributed by atoms with E-state index in [0.717, 1.165) is 10.9 Å². The van der Waals surface area contributed by atoms with Crippen LogP contribution in [-0.2, 0) is 12.4 Å². The summed E-state index contributed by atoms with van der Waals surface area (Å²) in [7, 11) is 0. The molecular formula is C14H11ClF2N2S. The Labute approximate surface area is 123 Å². The highest BCUT2D eigenvalue weighted by molar-refractivity contribution is 7.11. The monoisotopic (exact) mass is 312 g/mol. The summed E-state index contributed by atoms with van der Waals surface area (Å²) in [5, 5.41) is 0. The van der Waals surface area contributed by atoms with Crippen LogP contribution in [0.5, 0.6) is 0 Å². The van der Waals surface area contributed by atoms with Gasteiger partial charge in [-0.3, -0.25) is 0 Å². The summed E-state index contributed by atoms with van der Waals surface area (Å²) in [6.45, 7) is 2.53. The van der Waals surface area contributed by atoms with Crippen molar-refractivity contribution in [2.45, 2.75) is 19.3 Å². The summed E-state index contributed by atoms with van der Waals surface area (Å²) in [5.41, 5.74) is 0.597. The number of aryl methyl sites for hydroxylation is 1. The number of hydrogen-bond donors (Lipinski definition) is 0. The van der Waals surface area contributed by atoms with E-state index in [2.05, 4.69) is 4.98 Å². The summed E-state index contributed by atoms with van der Waals surface area (Å²) in [4.78, 5) is 6.45. The van der Waals surface area contributed by atoms with Crippen LogP contribution in [0.4, 0.5) is 8.78 Å². The van der Waals surface area contributed by atoms with E-state index in [1.165, 1.54) is 10.9 Å². The van der Waals surface area contributed by atoms with Crippen molar-refractivity contribution in [3.05, 3.63) is 51.5 Å². The minimum atomic E-state index is -0.660. The molecule has 20 heavy (non-hydrogen) atoms. The van der Waals surface area contributed by atoms with Gasteiger partial charge >= 0.3 is 0 Å². The van der Waals surface area contributed by atoms with E-state index in [9.17, 15) is 8.78 Å². The normalized spacial score (nSPS) is 11.4. The minimum Gasteiger partial charge on any atom is -0.321 e. The van der Waals surface area contributed by atoms with Gasteiger partial charge in [0.1, 0.15) is 17.2 Å². The second kappa shape index (κ2) is 5.14. The van der Waals surface area contributed by atoms with Gasteiger partial charge in [-0.05, 0) is 25.1 Å². The zero-order valence-corrected chi connectivity index (χ0v) is 12.2. The zero-order valence-electron chi connectivity index (χ0n) is 10.7. The molecule has 2 aromatic heterocycles. The average molecular weight is 313 g/mol. The summed E-state index contributed by atoms with van der Waals surface area (Å²) >= 11 is 7.51. The molecule has 3 rings (SSSR count). The maximum absolute atomic E-state index is 13.8. The van der Waals surface area contributed by atoms with Gasteiger partial charge in [0.2, 0.25) is 0 Å². The van der Waals surface area contributed by atoms with E-state index < -0.39 is 11.6 Å². The number of thiophene rings is 1. The molecule has 1 aromatic carbocycles. The molecule has 0 unspecified atom stereocenters. The molecule has 0 spiro atoms. The van der Waals surface area contributed by atoms with Gasteiger partial charge in [-0.25, -0.2) is 13.8 Å². The Kier molecular flexibility index (Phi) is 3.48. The van der Waals surface area contributed by atoms with Crippen molar-refractivity contribution >= 4 is 34.0 Å². The highest BCUT2D eigenvalue weighted by atomic mass is 35.5. The van der Waals surface area contributed by atoms with Crippen molar-refractivity contribution in [1.82, 2.24) is 9.55 Å². The van der Waals surface area contributed by atoms with Gasteiger partial charge in [-0.1, -0.05) is 0 Å². The third kappa shape index (κ3) is 2.31. The predicted octanol–water partition coefficient (Wildman–Crippen LogP) is 4.47. The van der Waals surface area contributed by atoms with Crippen molar-refractivity contribution in [3.63, 3.8) is 0 Å². The van der Waals surface area contributed by atoms with Crippen LogP contribution in [0.3, 0.4) is 0 Å². The SMILES string of the molecule is Cc1ccc(Cn2c(CCl)nc3c(F)cc(F)cc32)s1. The van der Waals surface area contributed by atoms with Crippen LogP contribution >= 0.6 is 22.9 Å². The highest BCUT2D eigenvalue weighted by Crippen LogP contribution is 2.25. The summed E-state index contributed by atoms with van der Waals surface area (Å²) in [6, 6.07) is 6.15. The van der Waals surface area contributed by atoms with Crippen molar-refractivity contribution in [1.29, 1.82) is 0 Å². The van der Waals surface area contributed by atoms with Crippen molar-refractivity contribution in [3.8, 4) is 0 Å². The minimum absolute atomic E-state index is 0.153. The molecule has 0 saturated carbocycles. The molecule has 0 N–H and O–H groups in total. The van der Waals surface area contributed by atoms with Crippen LogP contribution in [0.1, 0.15) is 15.6 Å². The quantitative estimate of drug-likeness (QED) is 0.652. The number of imidazole rings is 1. The largest absolute Gasteiger partial charge is 0.321 e. The van der Waals surface area contributed by atoms with Gasteiger partial charge in [0.25, 0.3) is 0 Å². The lowest BCUT2D eigenvalue weighted by Gasteiger charge is -2.06. The number of halogens is 3. The molecule has 0 atom stereocenters. The van der Waals surface area contributed by atoms with E-state index in [1.54, 1.807) is 15.9 Å². The zero-order chi connectivity index (χ0) is 14.3. The fourth-order valence-electron chi connectivity index (χ4n) is 2.20. The first-order valence-corrected chi connectivity index (χ1v) is 7.39. The standard InChI is InChI=1S/C14H11ClF2N2S/c1-8-2-3-10(20-8)7-19-12-5-9(16)4-11(17)14(12)18-13(19)6-15/h2-5H,6-7H2,1H3. The molecule has 104 valence electrons. The maximum atomic E-state index is 13.8. The Balaban J connectivity index is 2.17. The molecular weight excluding hydrogens is 302 g/mol. The second-order valence-electron chi connectivity index (χ2n) is 4.52. The van der Waals surface area contributed by atoms with Gasteiger partial charge in [0.15, 0.2) is 5.82 Å². The lowest BCUT2D eigenvalue weighted by Crippen LogP contribution is -2.02. The maximum Gasteiger partial charge on any atom is 0.153 e. The first-order chi connectivity index (χ1) is 9.58. The average Bonchev–Trinajstić information content (AvgIpc) is 2.95. The molecule has 0 aliphatic rings. The van der Waals surface area contributed by atoms with Gasteiger partial charge in [0.05, 0.1) is 17.9 Å². The third-order valence-electron chi connectivity index (χ3n) is 3.08. The van der Waals surface area contributed by atoms with E-state index in [0.29, 0.717) is 17.9 Å². The number of nitrogens with zero attached hydrogens (tertiary/aromatic N) is 2.